The van der Waals surface area contributed by atoms with Crippen molar-refractivity contribution < 1.29 is 14.3 Å². The van der Waals surface area contributed by atoms with Gasteiger partial charge in [0.05, 0.1) is 13.0 Å². The van der Waals surface area contributed by atoms with Crippen molar-refractivity contribution in [2.45, 2.75) is 50.5 Å². The van der Waals surface area contributed by atoms with E-state index in [0.29, 0.717) is 19.1 Å². The average Bonchev–Trinajstić information content (AvgIpc) is 3.16. The van der Waals surface area contributed by atoms with Gasteiger partial charge >= 0.3 is 0 Å². The minimum atomic E-state index is -0.158. The van der Waals surface area contributed by atoms with Crippen molar-refractivity contribution in [1.29, 1.82) is 0 Å². The number of carbonyl (C=O) groups is 2. The van der Waals surface area contributed by atoms with Crippen molar-refractivity contribution in [2.24, 2.45) is 11.8 Å². The lowest BCUT2D eigenvalue weighted by atomic mass is 9.88. The van der Waals surface area contributed by atoms with Crippen LogP contribution < -0.4 is 10.1 Å². The summed E-state index contributed by atoms with van der Waals surface area (Å²) < 4.78 is 5.25. The minimum Gasteiger partial charge on any atom is -0.497 e. The van der Waals surface area contributed by atoms with E-state index < -0.39 is 0 Å². The maximum atomic E-state index is 12.9. The molecular weight excluding hydrogens is 328 g/mol. The van der Waals surface area contributed by atoms with Crippen LogP contribution in [0.4, 0.5) is 0 Å². The molecule has 0 spiro atoms. The van der Waals surface area contributed by atoms with Crippen LogP contribution in [0.2, 0.25) is 0 Å². The minimum absolute atomic E-state index is 0.0602. The molecule has 1 aromatic carbocycles. The highest BCUT2D eigenvalue weighted by Gasteiger charge is 2.43. The predicted octanol–water partition coefficient (Wildman–Crippen LogP) is 2.71. The zero-order chi connectivity index (χ0) is 18.1. The molecule has 3 fully saturated rings. The number of carbonyl (C=O) groups excluding carboxylic acids is 2. The van der Waals surface area contributed by atoms with E-state index >= 15 is 0 Å². The highest BCUT2D eigenvalue weighted by Crippen LogP contribution is 2.37. The maximum absolute atomic E-state index is 12.9. The van der Waals surface area contributed by atoms with E-state index in [1.54, 1.807) is 7.11 Å². The molecular formula is C21H28N2O3. The van der Waals surface area contributed by atoms with E-state index in [4.69, 9.17) is 4.74 Å². The highest BCUT2D eigenvalue weighted by molar-refractivity contribution is 5.84. The molecule has 2 atom stereocenters. The van der Waals surface area contributed by atoms with Gasteiger partial charge in [-0.3, -0.25) is 9.59 Å². The number of nitrogens with one attached hydrogen (secondary N) is 1. The largest absolute Gasteiger partial charge is 0.497 e. The van der Waals surface area contributed by atoms with Crippen LogP contribution in [-0.2, 0) is 9.59 Å². The lowest BCUT2D eigenvalue weighted by Gasteiger charge is -2.20. The zero-order valence-corrected chi connectivity index (χ0v) is 15.4. The number of nitrogens with zero attached hydrogens (tertiary/aromatic N) is 1. The summed E-state index contributed by atoms with van der Waals surface area (Å²) >= 11 is 0. The third kappa shape index (κ3) is 3.57. The normalized spacial score (nSPS) is 26.1. The van der Waals surface area contributed by atoms with Crippen LogP contribution in [0.3, 0.4) is 0 Å². The molecule has 1 aromatic rings. The van der Waals surface area contributed by atoms with Gasteiger partial charge in [-0.2, -0.15) is 0 Å². The Morgan fingerprint density at radius 3 is 2.35 bits per heavy atom. The van der Waals surface area contributed by atoms with Crippen LogP contribution in [0.15, 0.2) is 24.3 Å². The molecule has 0 bridgehead atoms. The molecule has 1 saturated heterocycles. The fourth-order valence-corrected chi connectivity index (χ4v) is 4.41. The Morgan fingerprint density at radius 2 is 1.73 bits per heavy atom. The topological polar surface area (TPSA) is 58.6 Å². The van der Waals surface area contributed by atoms with Crippen molar-refractivity contribution >= 4 is 11.8 Å². The molecule has 3 aliphatic rings. The number of benzene rings is 1. The number of ether oxygens (including phenoxy) is 1. The van der Waals surface area contributed by atoms with Gasteiger partial charge in [0.15, 0.2) is 0 Å². The number of hydrogen-bond acceptors (Lipinski definition) is 3. The van der Waals surface area contributed by atoms with Gasteiger partial charge < -0.3 is 15.0 Å². The summed E-state index contributed by atoms with van der Waals surface area (Å²) in [5.74, 6) is 1.23. The summed E-state index contributed by atoms with van der Waals surface area (Å²) in [6.07, 6.45) is 6.46. The summed E-state index contributed by atoms with van der Waals surface area (Å²) in [6, 6.07) is 8.28. The molecule has 5 nitrogen and oxygen atoms in total. The van der Waals surface area contributed by atoms with Gasteiger partial charge in [0, 0.05) is 31.0 Å². The van der Waals surface area contributed by atoms with Gasteiger partial charge in [-0.1, -0.05) is 25.0 Å². The third-order valence-corrected chi connectivity index (χ3v) is 6.14. The lowest BCUT2D eigenvalue weighted by Crippen LogP contribution is -2.37. The summed E-state index contributed by atoms with van der Waals surface area (Å²) in [6.45, 7) is 1.19. The van der Waals surface area contributed by atoms with Gasteiger partial charge in [-0.05, 0) is 43.4 Å². The monoisotopic (exact) mass is 356 g/mol. The molecule has 0 aromatic heterocycles. The number of methoxy groups -OCH3 is 1. The van der Waals surface area contributed by atoms with Crippen molar-refractivity contribution in [1.82, 2.24) is 10.2 Å². The first kappa shape index (κ1) is 17.4. The molecule has 2 saturated carbocycles. The van der Waals surface area contributed by atoms with E-state index in [0.717, 1.165) is 49.8 Å². The Hall–Kier alpha value is -2.04. The van der Waals surface area contributed by atoms with Crippen LogP contribution in [0.1, 0.15) is 50.0 Å². The average molecular weight is 356 g/mol. The van der Waals surface area contributed by atoms with E-state index in [2.05, 4.69) is 5.32 Å². The number of likely N-dealkylation sites (tertiary alicyclic amines) is 1. The fraction of sp³-hybridized carbons (Fsp3) is 0.619. The van der Waals surface area contributed by atoms with Crippen LogP contribution in [0.5, 0.6) is 5.75 Å². The molecule has 1 N–H and O–H groups in total. The molecule has 26 heavy (non-hydrogen) atoms. The van der Waals surface area contributed by atoms with Crippen LogP contribution in [0.25, 0.3) is 0 Å². The Bertz CT molecular complexity index is 662. The third-order valence-electron chi connectivity index (χ3n) is 6.14. The Labute approximate surface area is 155 Å². The van der Waals surface area contributed by atoms with Gasteiger partial charge in [-0.15, -0.1) is 0 Å². The summed E-state index contributed by atoms with van der Waals surface area (Å²) in [5.41, 5.74) is 1.11. The first-order chi connectivity index (χ1) is 12.7. The smallest absolute Gasteiger partial charge is 0.225 e. The molecule has 5 heteroatoms. The number of rotatable bonds is 5. The van der Waals surface area contributed by atoms with Crippen molar-refractivity contribution in [3.8, 4) is 5.75 Å². The Kier molecular flexibility index (Phi) is 4.88. The summed E-state index contributed by atoms with van der Waals surface area (Å²) in [7, 11) is 1.65. The van der Waals surface area contributed by atoms with E-state index in [1.165, 1.54) is 0 Å². The van der Waals surface area contributed by atoms with Crippen molar-refractivity contribution in [3.05, 3.63) is 29.8 Å². The molecule has 140 valence electrons. The molecule has 0 unspecified atom stereocenters. The molecule has 1 aliphatic heterocycles. The SMILES string of the molecule is COc1ccc([C@@H]2CN(C(=O)C3CCCC3)C[C@@H]2C(=O)NC2CC2)cc1. The van der Waals surface area contributed by atoms with Gasteiger partial charge in [0.2, 0.25) is 11.8 Å². The van der Waals surface area contributed by atoms with E-state index in [9.17, 15) is 9.59 Å². The second-order valence-corrected chi connectivity index (χ2v) is 7.99. The van der Waals surface area contributed by atoms with Gasteiger partial charge in [0.25, 0.3) is 0 Å². The maximum Gasteiger partial charge on any atom is 0.225 e. The summed E-state index contributed by atoms with van der Waals surface area (Å²) in [5, 5.41) is 3.15. The first-order valence-corrected chi connectivity index (χ1v) is 9.89. The highest BCUT2D eigenvalue weighted by atomic mass is 16.5. The Morgan fingerprint density at radius 1 is 1.04 bits per heavy atom. The van der Waals surface area contributed by atoms with Crippen molar-refractivity contribution in [3.63, 3.8) is 0 Å². The summed E-state index contributed by atoms with van der Waals surface area (Å²) in [4.78, 5) is 27.7. The fourth-order valence-electron chi connectivity index (χ4n) is 4.41. The van der Waals surface area contributed by atoms with Crippen LogP contribution in [-0.4, -0.2) is 43.0 Å². The van der Waals surface area contributed by atoms with E-state index in [-0.39, 0.29) is 29.6 Å². The van der Waals surface area contributed by atoms with Gasteiger partial charge in [-0.25, -0.2) is 0 Å². The second-order valence-electron chi connectivity index (χ2n) is 7.99. The van der Waals surface area contributed by atoms with E-state index in [1.807, 2.05) is 29.2 Å². The predicted molar refractivity (Wildman–Crippen MR) is 98.9 cm³/mol. The Balaban J connectivity index is 1.53. The standard InChI is InChI=1S/C21H28N2O3/c1-26-17-10-6-14(7-11-17)18-12-23(21(25)15-4-2-3-5-15)13-19(18)20(24)22-16-8-9-16/h6-7,10-11,15-16,18-19H,2-5,8-9,12-13H2,1H3,(H,22,24)/t18-,19-/m0/s1. The second kappa shape index (κ2) is 7.29. The molecule has 4 rings (SSSR count). The molecule has 0 radical (unpaired) electrons. The quantitative estimate of drug-likeness (QED) is 0.882. The molecule has 1 heterocycles. The van der Waals surface area contributed by atoms with Gasteiger partial charge in [0.1, 0.15) is 5.75 Å². The van der Waals surface area contributed by atoms with Crippen LogP contribution in [0, 0.1) is 11.8 Å². The first-order valence-electron chi connectivity index (χ1n) is 9.89. The molecule has 2 aliphatic carbocycles. The molecule has 2 amide bonds. The zero-order valence-electron chi connectivity index (χ0n) is 15.4. The van der Waals surface area contributed by atoms with Crippen LogP contribution >= 0.6 is 0 Å². The lowest BCUT2D eigenvalue weighted by molar-refractivity contribution is -0.134. The number of hydrogen-bond donors (Lipinski definition) is 1. The van der Waals surface area contributed by atoms with Crippen molar-refractivity contribution in [2.75, 3.05) is 20.2 Å². The number of amides is 2.